The Bertz CT molecular complexity index is 994. The van der Waals surface area contributed by atoms with Crippen molar-refractivity contribution in [3.05, 3.63) is 72.6 Å². The number of benzene rings is 2. The van der Waals surface area contributed by atoms with Gasteiger partial charge in [-0.2, -0.15) is 0 Å². The number of para-hydroxylation sites is 1. The highest BCUT2D eigenvalue weighted by Crippen LogP contribution is 2.26. The lowest BCUT2D eigenvalue weighted by Gasteiger charge is -2.10. The average Bonchev–Trinajstić information content (AvgIpc) is 3.14. The second kappa shape index (κ2) is 5.53. The van der Waals surface area contributed by atoms with Gasteiger partial charge in [-0.05, 0) is 11.5 Å². The van der Waals surface area contributed by atoms with Gasteiger partial charge in [-0.25, -0.2) is 4.98 Å². The number of oxazole rings is 1. The van der Waals surface area contributed by atoms with Crippen LogP contribution < -0.4 is 5.32 Å². The molecule has 2 heterocycles. The number of fused-ring (bicyclic) bond motifs is 3. The molecule has 0 aliphatic heterocycles. The molecule has 1 amide bonds. The molecule has 0 aliphatic rings. The van der Waals surface area contributed by atoms with Gasteiger partial charge in [0.05, 0.1) is 17.8 Å². The lowest BCUT2D eigenvalue weighted by atomic mass is 10.0. The summed E-state index contributed by atoms with van der Waals surface area (Å²) in [6.07, 6.45) is 2.56. The van der Waals surface area contributed by atoms with Gasteiger partial charge in [-0.3, -0.25) is 9.78 Å². The van der Waals surface area contributed by atoms with E-state index in [1.807, 2.05) is 36.4 Å². The number of carbonyl (C=O) groups excluding carboxylic acids is 1. The van der Waals surface area contributed by atoms with Crippen LogP contribution in [0.1, 0.15) is 16.2 Å². The third-order valence-electron chi connectivity index (χ3n) is 3.77. The van der Waals surface area contributed by atoms with Crippen LogP contribution in [-0.4, -0.2) is 15.9 Å². The van der Waals surface area contributed by atoms with Gasteiger partial charge in [0.2, 0.25) is 0 Å². The van der Waals surface area contributed by atoms with E-state index in [2.05, 4.69) is 22.4 Å². The van der Waals surface area contributed by atoms with Crippen LogP contribution >= 0.6 is 0 Å². The maximum Gasteiger partial charge on any atom is 0.273 e. The number of hydrogen-bond donors (Lipinski definition) is 1. The fraction of sp³-hybridized carbons (Fsp3) is 0.0556. The summed E-state index contributed by atoms with van der Waals surface area (Å²) in [5, 5.41) is 6.10. The number of carbonyl (C=O) groups is 1. The third kappa shape index (κ3) is 2.42. The Labute approximate surface area is 132 Å². The zero-order valence-corrected chi connectivity index (χ0v) is 12.2. The molecule has 0 saturated carbocycles. The summed E-state index contributed by atoms with van der Waals surface area (Å²) in [7, 11) is 0. The second-order valence-electron chi connectivity index (χ2n) is 5.18. The van der Waals surface area contributed by atoms with Gasteiger partial charge in [0, 0.05) is 10.8 Å². The van der Waals surface area contributed by atoms with Crippen LogP contribution in [0.3, 0.4) is 0 Å². The molecule has 0 spiro atoms. The maximum absolute atomic E-state index is 12.0. The minimum Gasteiger partial charge on any atom is -0.451 e. The molecule has 5 heteroatoms. The van der Waals surface area contributed by atoms with E-state index in [0.717, 1.165) is 27.4 Å². The topological polar surface area (TPSA) is 68.0 Å². The van der Waals surface area contributed by atoms with Crippen LogP contribution in [0.5, 0.6) is 0 Å². The van der Waals surface area contributed by atoms with E-state index in [0.29, 0.717) is 6.54 Å². The molecule has 0 aliphatic carbocycles. The number of nitrogens with zero attached hydrogens (tertiary/aromatic N) is 2. The van der Waals surface area contributed by atoms with Crippen LogP contribution in [0, 0.1) is 0 Å². The van der Waals surface area contributed by atoms with Crippen LogP contribution in [0.4, 0.5) is 0 Å². The summed E-state index contributed by atoms with van der Waals surface area (Å²) in [5.41, 5.74) is 2.00. The van der Waals surface area contributed by atoms with Crippen molar-refractivity contribution in [3.63, 3.8) is 0 Å². The Morgan fingerprint density at radius 1 is 1.00 bits per heavy atom. The fourth-order valence-electron chi connectivity index (χ4n) is 2.69. The summed E-state index contributed by atoms with van der Waals surface area (Å²) in [4.78, 5) is 20.6. The summed E-state index contributed by atoms with van der Waals surface area (Å²) >= 11 is 0. The van der Waals surface area contributed by atoms with E-state index in [1.165, 1.54) is 12.7 Å². The van der Waals surface area contributed by atoms with Gasteiger partial charge >= 0.3 is 0 Å². The molecule has 5 nitrogen and oxygen atoms in total. The number of aromatic nitrogens is 2. The molecule has 1 N–H and O–H groups in total. The minimum absolute atomic E-state index is 0.259. The van der Waals surface area contributed by atoms with E-state index < -0.39 is 0 Å². The van der Waals surface area contributed by atoms with Crippen LogP contribution in [-0.2, 0) is 6.54 Å². The highest BCUT2D eigenvalue weighted by molar-refractivity contribution is 6.06. The Balaban J connectivity index is 1.75. The van der Waals surface area contributed by atoms with E-state index in [9.17, 15) is 4.79 Å². The van der Waals surface area contributed by atoms with Gasteiger partial charge in [0.1, 0.15) is 6.26 Å². The second-order valence-corrected chi connectivity index (χ2v) is 5.18. The molecule has 0 atom stereocenters. The molecule has 4 rings (SSSR count). The first-order chi connectivity index (χ1) is 11.3. The Morgan fingerprint density at radius 2 is 1.74 bits per heavy atom. The normalized spacial score (nSPS) is 11.0. The quantitative estimate of drug-likeness (QED) is 0.590. The monoisotopic (exact) mass is 303 g/mol. The number of hydrogen-bond acceptors (Lipinski definition) is 4. The molecular formula is C18H13N3O2. The molecule has 0 bridgehead atoms. The van der Waals surface area contributed by atoms with E-state index in [1.54, 1.807) is 0 Å². The predicted octanol–water partition coefficient (Wildman–Crippen LogP) is 3.31. The average molecular weight is 303 g/mol. The lowest BCUT2D eigenvalue weighted by Crippen LogP contribution is -2.23. The minimum atomic E-state index is -0.280. The van der Waals surface area contributed by atoms with Gasteiger partial charge in [0.25, 0.3) is 5.91 Å². The molecule has 0 fully saturated rings. The van der Waals surface area contributed by atoms with Crippen LogP contribution in [0.15, 0.2) is 65.6 Å². The number of nitrogens with one attached hydrogen (secondary N) is 1. The van der Waals surface area contributed by atoms with Crippen LogP contribution in [0.2, 0.25) is 0 Å². The van der Waals surface area contributed by atoms with Gasteiger partial charge in [-0.15, -0.1) is 0 Å². The Morgan fingerprint density at radius 3 is 2.52 bits per heavy atom. The van der Waals surface area contributed by atoms with Gasteiger partial charge < -0.3 is 9.73 Å². The molecule has 2 aromatic heterocycles. The van der Waals surface area contributed by atoms with Crippen molar-refractivity contribution in [2.24, 2.45) is 0 Å². The largest absolute Gasteiger partial charge is 0.451 e. The van der Waals surface area contributed by atoms with Crippen molar-refractivity contribution in [3.8, 4) is 0 Å². The van der Waals surface area contributed by atoms with Crippen molar-refractivity contribution in [2.75, 3.05) is 0 Å². The fourth-order valence-corrected chi connectivity index (χ4v) is 2.69. The maximum atomic E-state index is 12.0. The van der Waals surface area contributed by atoms with Gasteiger partial charge in [0.15, 0.2) is 12.1 Å². The van der Waals surface area contributed by atoms with E-state index in [4.69, 9.17) is 9.40 Å². The van der Waals surface area contributed by atoms with E-state index in [-0.39, 0.29) is 11.6 Å². The van der Waals surface area contributed by atoms with E-state index >= 15 is 0 Å². The number of pyridine rings is 1. The molecule has 112 valence electrons. The Hall–Kier alpha value is -3.21. The highest BCUT2D eigenvalue weighted by Gasteiger charge is 2.11. The molecular weight excluding hydrogens is 290 g/mol. The number of rotatable bonds is 3. The standard InChI is InChI=1S/C18H13N3O2/c22-18(17-10-23-11-20-17)19-9-16-14-7-2-1-5-12(14)13-6-3-4-8-15(13)21-16/h1-8,10-11H,9H2,(H,19,22). The van der Waals surface area contributed by atoms with Crippen molar-refractivity contribution >= 4 is 27.6 Å². The van der Waals surface area contributed by atoms with Crippen molar-refractivity contribution < 1.29 is 9.21 Å². The molecule has 4 aromatic rings. The Kier molecular flexibility index (Phi) is 3.24. The van der Waals surface area contributed by atoms with Crippen molar-refractivity contribution in [1.29, 1.82) is 0 Å². The summed E-state index contributed by atoms with van der Waals surface area (Å²) < 4.78 is 4.83. The highest BCUT2D eigenvalue weighted by atomic mass is 16.3. The molecule has 2 aromatic carbocycles. The third-order valence-corrected chi connectivity index (χ3v) is 3.77. The smallest absolute Gasteiger partial charge is 0.273 e. The molecule has 23 heavy (non-hydrogen) atoms. The van der Waals surface area contributed by atoms with Crippen LogP contribution in [0.25, 0.3) is 21.7 Å². The predicted molar refractivity (Wildman–Crippen MR) is 86.9 cm³/mol. The summed E-state index contributed by atoms with van der Waals surface area (Å²) in [6.45, 7) is 0.330. The van der Waals surface area contributed by atoms with Crippen molar-refractivity contribution in [1.82, 2.24) is 15.3 Å². The van der Waals surface area contributed by atoms with Gasteiger partial charge in [-0.1, -0.05) is 42.5 Å². The summed E-state index contributed by atoms with van der Waals surface area (Å²) in [5.74, 6) is -0.280. The SMILES string of the molecule is O=C(NCc1nc2ccccc2c2ccccc12)c1cocn1. The molecule has 0 unspecified atom stereocenters. The first-order valence-corrected chi connectivity index (χ1v) is 7.26. The lowest BCUT2D eigenvalue weighted by molar-refractivity contribution is 0.0945. The molecule has 0 saturated heterocycles. The first kappa shape index (κ1) is 13.5. The first-order valence-electron chi connectivity index (χ1n) is 7.26. The van der Waals surface area contributed by atoms with Crippen molar-refractivity contribution in [2.45, 2.75) is 6.54 Å². The molecule has 0 radical (unpaired) electrons. The zero-order chi connectivity index (χ0) is 15.6. The number of amides is 1. The zero-order valence-electron chi connectivity index (χ0n) is 12.2. The summed E-state index contributed by atoms with van der Waals surface area (Å²) in [6, 6.07) is 16.1.